The quantitative estimate of drug-likeness (QED) is 0.522. The van der Waals surface area contributed by atoms with Gasteiger partial charge in [0.25, 0.3) is 5.91 Å². The maximum Gasteiger partial charge on any atom is 0.311 e. The van der Waals surface area contributed by atoms with Gasteiger partial charge in [0.15, 0.2) is 0 Å². The van der Waals surface area contributed by atoms with Crippen LogP contribution in [-0.4, -0.2) is 20.8 Å². The highest BCUT2D eigenvalue weighted by atomic mass is 16.6. The molecule has 3 aromatic rings. The van der Waals surface area contributed by atoms with Crippen molar-refractivity contribution in [3.8, 4) is 0 Å². The van der Waals surface area contributed by atoms with Crippen molar-refractivity contribution in [3.63, 3.8) is 0 Å². The Morgan fingerprint density at radius 3 is 2.65 bits per heavy atom. The minimum Gasteiger partial charge on any atom is -0.360 e. The zero-order valence-electron chi connectivity index (χ0n) is 13.6. The van der Waals surface area contributed by atoms with Crippen LogP contribution in [0.1, 0.15) is 15.9 Å². The van der Waals surface area contributed by atoms with Crippen LogP contribution in [0.25, 0.3) is 0 Å². The molecule has 0 radical (unpaired) electrons. The summed E-state index contributed by atoms with van der Waals surface area (Å²) in [6.45, 7) is 0.330. The van der Waals surface area contributed by atoms with E-state index in [1.165, 1.54) is 18.3 Å². The van der Waals surface area contributed by atoms with E-state index in [1.807, 2.05) is 6.07 Å². The molecule has 8 heteroatoms. The molecule has 0 spiro atoms. The lowest BCUT2D eigenvalue weighted by atomic mass is 10.2. The molecule has 2 N–H and O–H groups in total. The van der Waals surface area contributed by atoms with Crippen LogP contribution in [-0.2, 0) is 6.54 Å². The summed E-state index contributed by atoms with van der Waals surface area (Å²) in [5.41, 5.74) is 1.89. The van der Waals surface area contributed by atoms with Crippen LogP contribution in [0.5, 0.6) is 0 Å². The van der Waals surface area contributed by atoms with Gasteiger partial charge in [0.1, 0.15) is 0 Å². The topological polar surface area (TPSA) is 110 Å². The van der Waals surface area contributed by atoms with E-state index in [0.717, 1.165) is 5.56 Å². The number of hydrogen-bond acceptors (Lipinski definition) is 6. The van der Waals surface area contributed by atoms with Crippen molar-refractivity contribution < 1.29 is 9.72 Å². The second-order valence-electron chi connectivity index (χ2n) is 5.37. The standard InChI is InChI=1S/C18H15N5O3/c24-18(14-6-9-19-10-7-14)22-15-4-1-3-13(11-15)12-21-17-16(23(25)26)5-2-8-20-17/h1-11H,12H2,(H,20,21)(H,22,24). The first-order valence-electron chi connectivity index (χ1n) is 7.77. The van der Waals surface area contributed by atoms with E-state index < -0.39 is 4.92 Å². The zero-order valence-corrected chi connectivity index (χ0v) is 13.6. The van der Waals surface area contributed by atoms with E-state index in [9.17, 15) is 14.9 Å². The van der Waals surface area contributed by atoms with Crippen molar-refractivity contribution in [1.82, 2.24) is 9.97 Å². The molecule has 8 nitrogen and oxygen atoms in total. The summed E-state index contributed by atoms with van der Waals surface area (Å²) in [6, 6.07) is 13.4. The van der Waals surface area contributed by atoms with Crippen molar-refractivity contribution in [3.05, 3.63) is 88.4 Å². The lowest BCUT2D eigenvalue weighted by Gasteiger charge is -2.09. The smallest absolute Gasteiger partial charge is 0.311 e. The maximum absolute atomic E-state index is 12.2. The van der Waals surface area contributed by atoms with Gasteiger partial charge >= 0.3 is 5.69 Å². The highest BCUT2D eigenvalue weighted by Crippen LogP contribution is 2.21. The van der Waals surface area contributed by atoms with E-state index >= 15 is 0 Å². The highest BCUT2D eigenvalue weighted by Gasteiger charge is 2.13. The summed E-state index contributed by atoms with van der Waals surface area (Å²) in [5.74, 6) is -0.0402. The van der Waals surface area contributed by atoms with Crippen LogP contribution in [0, 0.1) is 10.1 Å². The zero-order chi connectivity index (χ0) is 18.4. The van der Waals surface area contributed by atoms with E-state index in [-0.39, 0.29) is 17.4 Å². The molecular weight excluding hydrogens is 334 g/mol. The third-order valence-corrected chi connectivity index (χ3v) is 3.57. The van der Waals surface area contributed by atoms with Crippen molar-refractivity contribution in [2.75, 3.05) is 10.6 Å². The van der Waals surface area contributed by atoms with Gasteiger partial charge in [-0.1, -0.05) is 12.1 Å². The molecule has 0 saturated carbocycles. The summed E-state index contributed by atoms with van der Waals surface area (Å²) in [6.07, 6.45) is 4.59. The average Bonchev–Trinajstić information content (AvgIpc) is 2.67. The molecule has 0 fully saturated rings. The summed E-state index contributed by atoms with van der Waals surface area (Å²) in [5, 5.41) is 16.8. The Hall–Kier alpha value is -3.81. The van der Waals surface area contributed by atoms with Gasteiger partial charge in [-0.05, 0) is 35.9 Å². The van der Waals surface area contributed by atoms with Crippen LogP contribution >= 0.6 is 0 Å². The first kappa shape index (κ1) is 17.0. The number of amides is 1. The van der Waals surface area contributed by atoms with E-state index in [1.54, 1.807) is 42.7 Å². The first-order valence-corrected chi connectivity index (χ1v) is 7.77. The fraction of sp³-hybridized carbons (Fsp3) is 0.0556. The van der Waals surface area contributed by atoms with Crippen LogP contribution in [0.2, 0.25) is 0 Å². The molecule has 0 aliphatic heterocycles. The second-order valence-corrected chi connectivity index (χ2v) is 5.37. The number of nitro groups is 1. The fourth-order valence-electron chi connectivity index (χ4n) is 2.33. The molecule has 0 atom stereocenters. The maximum atomic E-state index is 12.2. The van der Waals surface area contributed by atoms with Gasteiger partial charge < -0.3 is 10.6 Å². The number of nitrogens with one attached hydrogen (secondary N) is 2. The minimum atomic E-state index is -0.485. The minimum absolute atomic E-state index is 0.0883. The van der Waals surface area contributed by atoms with Crippen molar-refractivity contribution in [2.24, 2.45) is 0 Å². The van der Waals surface area contributed by atoms with Crippen molar-refractivity contribution >= 4 is 23.1 Å². The number of aromatic nitrogens is 2. The summed E-state index contributed by atoms with van der Waals surface area (Å²) < 4.78 is 0. The lowest BCUT2D eigenvalue weighted by molar-refractivity contribution is -0.384. The third-order valence-electron chi connectivity index (χ3n) is 3.57. The molecule has 130 valence electrons. The van der Waals surface area contributed by atoms with Gasteiger partial charge in [0.2, 0.25) is 5.82 Å². The monoisotopic (exact) mass is 349 g/mol. The summed E-state index contributed by atoms with van der Waals surface area (Å²) in [4.78, 5) is 30.6. The number of rotatable bonds is 6. The van der Waals surface area contributed by atoms with Gasteiger partial charge in [0, 0.05) is 42.5 Å². The summed E-state index contributed by atoms with van der Waals surface area (Å²) in [7, 11) is 0. The Kier molecular flexibility index (Phi) is 5.14. The molecule has 0 saturated heterocycles. The number of carbonyl (C=O) groups excluding carboxylic acids is 1. The predicted octanol–water partition coefficient (Wildman–Crippen LogP) is 3.25. The molecule has 3 rings (SSSR count). The van der Waals surface area contributed by atoms with Crippen LogP contribution < -0.4 is 10.6 Å². The molecule has 2 heterocycles. The molecule has 1 amide bonds. The molecule has 26 heavy (non-hydrogen) atoms. The number of hydrogen-bond donors (Lipinski definition) is 2. The normalized spacial score (nSPS) is 10.2. The van der Waals surface area contributed by atoms with Crippen molar-refractivity contribution in [2.45, 2.75) is 6.54 Å². The lowest BCUT2D eigenvalue weighted by Crippen LogP contribution is -2.12. The number of anilines is 2. The van der Waals surface area contributed by atoms with Gasteiger partial charge in [-0.3, -0.25) is 19.9 Å². The molecule has 2 aromatic heterocycles. The Labute approximate surface area is 149 Å². The van der Waals surface area contributed by atoms with Crippen LogP contribution in [0.15, 0.2) is 67.1 Å². The Morgan fingerprint density at radius 2 is 1.88 bits per heavy atom. The Bertz CT molecular complexity index is 931. The highest BCUT2D eigenvalue weighted by molar-refractivity contribution is 6.04. The van der Waals surface area contributed by atoms with Gasteiger partial charge in [-0.15, -0.1) is 0 Å². The Balaban J connectivity index is 1.68. The predicted molar refractivity (Wildman–Crippen MR) is 96.9 cm³/mol. The van der Waals surface area contributed by atoms with Crippen LogP contribution in [0.4, 0.5) is 17.2 Å². The summed E-state index contributed by atoms with van der Waals surface area (Å²) >= 11 is 0. The molecule has 0 bridgehead atoms. The van der Waals surface area contributed by atoms with Gasteiger partial charge in [0.05, 0.1) is 4.92 Å². The Morgan fingerprint density at radius 1 is 1.08 bits per heavy atom. The molecular formula is C18H15N5O3. The SMILES string of the molecule is O=C(Nc1cccc(CNc2ncccc2[N+](=O)[O-])c1)c1ccncc1. The van der Waals surface area contributed by atoms with E-state index in [4.69, 9.17) is 0 Å². The average molecular weight is 349 g/mol. The number of pyridine rings is 2. The largest absolute Gasteiger partial charge is 0.360 e. The fourth-order valence-corrected chi connectivity index (χ4v) is 2.33. The molecule has 0 unspecified atom stereocenters. The molecule has 0 aliphatic carbocycles. The van der Waals surface area contributed by atoms with E-state index in [0.29, 0.717) is 17.8 Å². The van der Waals surface area contributed by atoms with E-state index in [2.05, 4.69) is 20.6 Å². The number of benzene rings is 1. The second kappa shape index (κ2) is 7.84. The van der Waals surface area contributed by atoms with Crippen molar-refractivity contribution in [1.29, 1.82) is 0 Å². The number of carbonyl (C=O) groups is 1. The molecule has 1 aromatic carbocycles. The molecule has 0 aliphatic rings. The van der Waals surface area contributed by atoms with Gasteiger partial charge in [-0.25, -0.2) is 4.98 Å². The van der Waals surface area contributed by atoms with Crippen LogP contribution in [0.3, 0.4) is 0 Å². The number of nitrogens with zero attached hydrogens (tertiary/aromatic N) is 3. The third kappa shape index (κ3) is 4.18. The van der Waals surface area contributed by atoms with Gasteiger partial charge in [-0.2, -0.15) is 0 Å². The first-order chi connectivity index (χ1) is 12.6.